The van der Waals surface area contributed by atoms with Crippen molar-refractivity contribution >= 4 is 11.9 Å². The lowest BCUT2D eigenvalue weighted by Crippen LogP contribution is -2.48. The zero-order valence-corrected chi connectivity index (χ0v) is 14.0. The Balaban J connectivity index is 0.000000379. The molecule has 6 nitrogen and oxygen atoms in total. The molecule has 0 aromatic heterocycles. The molecular weight excluding hydrogens is 296 g/mol. The molecule has 2 rings (SSSR count). The van der Waals surface area contributed by atoms with Crippen LogP contribution in [0.4, 0.5) is 0 Å². The second-order valence-electron chi connectivity index (χ2n) is 6.01. The number of nitrogens with zero attached hydrogens (tertiary/aromatic N) is 2. The number of hydrogen-bond donors (Lipinski definition) is 2. The molecule has 1 aromatic carbocycles. The summed E-state index contributed by atoms with van der Waals surface area (Å²) in [6, 6.07) is 9.56. The van der Waals surface area contributed by atoms with E-state index in [2.05, 4.69) is 54.8 Å². The van der Waals surface area contributed by atoms with E-state index in [1.54, 1.807) is 0 Å². The number of carbonyl (C=O) groups is 2. The van der Waals surface area contributed by atoms with E-state index in [0.29, 0.717) is 6.04 Å². The van der Waals surface area contributed by atoms with Gasteiger partial charge in [-0.15, -0.1) is 0 Å². The van der Waals surface area contributed by atoms with Crippen LogP contribution in [-0.2, 0) is 16.1 Å². The zero-order valence-electron chi connectivity index (χ0n) is 14.0. The van der Waals surface area contributed by atoms with E-state index in [0.717, 1.165) is 6.54 Å². The molecule has 1 aliphatic heterocycles. The van der Waals surface area contributed by atoms with Gasteiger partial charge < -0.3 is 10.2 Å². The molecule has 1 aliphatic rings. The van der Waals surface area contributed by atoms with Gasteiger partial charge in [-0.3, -0.25) is 9.80 Å². The van der Waals surface area contributed by atoms with E-state index in [-0.39, 0.29) is 0 Å². The number of benzene rings is 1. The smallest absolute Gasteiger partial charge is 0.414 e. The molecule has 2 N–H and O–H groups in total. The summed E-state index contributed by atoms with van der Waals surface area (Å²) >= 11 is 0. The molecule has 0 unspecified atom stereocenters. The Bertz CT molecular complexity index is 511. The van der Waals surface area contributed by atoms with Crippen molar-refractivity contribution in [3.63, 3.8) is 0 Å². The molecule has 128 valence electrons. The van der Waals surface area contributed by atoms with Crippen LogP contribution in [0.3, 0.4) is 0 Å². The van der Waals surface area contributed by atoms with Gasteiger partial charge in [0.05, 0.1) is 0 Å². The first kappa shape index (κ1) is 19.1. The van der Waals surface area contributed by atoms with Crippen molar-refractivity contribution in [2.24, 2.45) is 0 Å². The molecule has 0 bridgehead atoms. The quantitative estimate of drug-likeness (QED) is 0.824. The third kappa shape index (κ3) is 7.25. The van der Waals surface area contributed by atoms with Gasteiger partial charge >= 0.3 is 11.9 Å². The maximum absolute atomic E-state index is 9.10. The van der Waals surface area contributed by atoms with Crippen molar-refractivity contribution in [1.29, 1.82) is 0 Å². The highest BCUT2D eigenvalue weighted by atomic mass is 16.4. The molecule has 23 heavy (non-hydrogen) atoms. The molecule has 6 heteroatoms. The topological polar surface area (TPSA) is 81.1 Å². The first-order valence-electron chi connectivity index (χ1n) is 7.77. The van der Waals surface area contributed by atoms with Crippen molar-refractivity contribution in [1.82, 2.24) is 9.80 Å². The predicted molar refractivity (Wildman–Crippen MR) is 88.4 cm³/mol. The Labute approximate surface area is 137 Å². The second-order valence-corrected chi connectivity index (χ2v) is 6.01. The number of carboxylic acid groups (broad SMARTS) is 2. The third-order valence-electron chi connectivity index (χ3n) is 3.81. The number of piperazine rings is 1. The van der Waals surface area contributed by atoms with E-state index in [9.17, 15) is 0 Å². The van der Waals surface area contributed by atoms with Gasteiger partial charge in [-0.1, -0.05) is 29.8 Å². The molecule has 1 saturated heterocycles. The van der Waals surface area contributed by atoms with E-state index >= 15 is 0 Å². The Morgan fingerprint density at radius 1 is 1.09 bits per heavy atom. The molecule has 0 aliphatic carbocycles. The van der Waals surface area contributed by atoms with Crippen molar-refractivity contribution in [2.45, 2.75) is 33.4 Å². The summed E-state index contributed by atoms with van der Waals surface area (Å²) in [6.45, 7) is 12.7. The van der Waals surface area contributed by atoms with E-state index in [4.69, 9.17) is 19.8 Å². The molecule has 0 amide bonds. The van der Waals surface area contributed by atoms with Gasteiger partial charge in [0.2, 0.25) is 0 Å². The lowest BCUT2D eigenvalue weighted by molar-refractivity contribution is -0.159. The van der Waals surface area contributed by atoms with Crippen LogP contribution in [0.25, 0.3) is 0 Å². The Hall–Kier alpha value is -1.92. The summed E-state index contributed by atoms with van der Waals surface area (Å²) in [5, 5.41) is 14.8. The maximum Gasteiger partial charge on any atom is 0.414 e. The predicted octanol–water partition coefficient (Wildman–Crippen LogP) is 1.68. The molecule has 0 atom stereocenters. The number of aryl methyl sites for hydroxylation is 1. The lowest BCUT2D eigenvalue weighted by atomic mass is 10.1. The van der Waals surface area contributed by atoms with Gasteiger partial charge in [0.15, 0.2) is 0 Å². The standard InChI is InChI=1S/C15H24N2.C2H2O4/c1-13(2)17-9-7-16(8-10-17)12-15-6-4-5-14(3)11-15;3-1(4)2(5)6/h4-6,11,13H,7-10,12H2,1-3H3;(H,3,4)(H,5,6). The van der Waals surface area contributed by atoms with Gasteiger partial charge in [-0.25, -0.2) is 9.59 Å². The van der Waals surface area contributed by atoms with Crippen molar-refractivity contribution in [3.05, 3.63) is 35.4 Å². The number of carboxylic acids is 2. The van der Waals surface area contributed by atoms with E-state index < -0.39 is 11.9 Å². The minimum absolute atomic E-state index is 0.691. The monoisotopic (exact) mass is 322 g/mol. The fraction of sp³-hybridized carbons (Fsp3) is 0.529. The highest BCUT2D eigenvalue weighted by Crippen LogP contribution is 2.11. The Morgan fingerprint density at radius 2 is 1.65 bits per heavy atom. The van der Waals surface area contributed by atoms with Crippen LogP contribution in [0.15, 0.2) is 24.3 Å². The van der Waals surface area contributed by atoms with E-state index in [1.165, 1.54) is 37.3 Å². The molecule has 0 spiro atoms. The van der Waals surface area contributed by atoms with Crippen molar-refractivity contribution in [3.8, 4) is 0 Å². The first-order valence-corrected chi connectivity index (χ1v) is 7.77. The van der Waals surface area contributed by atoms with Crippen LogP contribution >= 0.6 is 0 Å². The van der Waals surface area contributed by atoms with Gasteiger partial charge in [0, 0.05) is 38.8 Å². The largest absolute Gasteiger partial charge is 0.473 e. The van der Waals surface area contributed by atoms with Crippen LogP contribution in [0.5, 0.6) is 0 Å². The number of hydrogen-bond acceptors (Lipinski definition) is 4. The first-order chi connectivity index (χ1) is 10.8. The minimum Gasteiger partial charge on any atom is -0.473 e. The average molecular weight is 322 g/mol. The average Bonchev–Trinajstić information content (AvgIpc) is 2.48. The van der Waals surface area contributed by atoms with Crippen LogP contribution in [0.1, 0.15) is 25.0 Å². The Morgan fingerprint density at radius 3 is 2.09 bits per heavy atom. The molecule has 0 saturated carbocycles. The fourth-order valence-corrected chi connectivity index (χ4v) is 2.51. The molecular formula is C17H26N2O4. The van der Waals surface area contributed by atoms with Crippen LogP contribution in [0, 0.1) is 6.92 Å². The van der Waals surface area contributed by atoms with E-state index in [1.807, 2.05) is 0 Å². The van der Waals surface area contributed by atoms with Crippen molar-refractivity contribution < 1.29 is 19.8 Å². The number of rotatable bonds is 3. The molecule has 1 heterocycles. The highest BCUT2D eigenvalue weighted by Gasteiger charge is 2.18. The SMILES string of the molecule is Cc1cccc(CN2CCN(C(C)C)CC2)c1.O=C(O)C(=O)O. The summed E-state index contributed by atoms with van der Waals surface area (Å²) in [5.74, 6) is -3.65. The third-order valence-corrected chi connectivity index (χ3v) is 3.81. The van der Waals surface area contributed by atoms with Crippen LogP contribution in [-0.4, -0.2) is 64.2 Å². The zero-order chi connectivity index (χ0) is 17.4. The van der Waals surface area contributed by atoms with Gasteiger partial charge in [-0.05, 0) is 26.3 Å². The van der Waals surface area contributed by atoms with Gasteiger partial charge in [-0.2, -0.15) is 0 Å². The normalized spacial score (nSPS) is 15.8. The van der Waals surface area contributed by atoms with Crippen molar-refractivity contribution in [2.75, 3.05) is 26.2 Å². The maximum atomic E-state index is 9.10. The Kier molecular flexibility index (Phi) is 7.71. The lowest BCUT2D eigenvalue weighted by Gasteiger charge is -2.37. The highest BCUT2D eigenvalue weighted by molar-refractivity contribution is 6.27. The summed E-state index contributed by atoms with van der Waals surface area (Å²) in [4.78, 5) is 23.3. The van der Waals surface area contributed by atoms with Crippen LogP contribution in [0.2, 0.25) is 0 Å². The summed E-state index contributed by atoms with van der Waals surface area (Å²) < 4.78 is 0. The number of aliphatic carboxylic acids is 2. The molecule has 1 aromatic rings. The fourth-order valence-electron chi connectivity index (χ4n) is 2.51. The minimum atomic E-state index is -1.82. The second kappa shape index (κ2) is 9.27. The summed E-state index contributed by atoms with van der Waals surface area (Å²) in [5.41, 5.74) is 2.81. The summed E-state index contributed by atoms with van der Waals surface area (Å²) in [7, 11) is 0. The molecule has 0 radical (unpaired) electrons. The van der Waals surface area contributed by atoms with Gasteiger partial charge in [0.1, 0.15) is 0 Å². The molecule has 1 fully saturated rings. The van der Waals surface area contributed by atoms with Gasteiger partial charge in [0.25, 0.3) is 0 Å². The van der Waals surface area contributed by atoms with Crippen LogP contribution < -0.4 is 0 Å². The summed E-state index contributed by atoms with van der Waals surface area (Å²) in [6.07, 6.45) is 0.